The normalized spacial score (nSPS) is 10.8. The minimum atomic E-state index is -0.381. The SMILES string of the molecule is O=c1nc(-c2cccc(-c3nn[nH]n3)c2)c2ccc3ccccc3c2[nH]1.[H-].[Na+]. The Morgan fingerprint density at radius 2 is 1.74 bits per heavy atom. The molecule has 2 heterocycles. The first-order chi connectivity index (χ1) is 12.8. The van der Waals surface area contributed by atoms with Crippen LogP contribution in [0.25, 0.3) is 44.3 Å². The summed E-state index contributed by atoms with van der Waals surface area (Å²) in [4.78, 5) is 19.3. The molecule has 0 saturated carbocycles. The van der Waals surface area contributed by atoms with E-state index >= 15 is 0 Å². The van der Waals surface area contributed by atoms with Crippen LogP contribution in [0.5, 0.6) is 0 Å². The Morgan fingerprint density at radius 1 is 0.889 bits per heavy atom. The molecule has 2 N–H and O–H groups in total. The topological polar surface area (TPSA) is 100 Å². The molecule has 0 aliphatic carbocycles. The Bertz CT molecular complexity index is 1320. The van der Waals surface area contributed by atoms with Gasteiger partial charge in [0.1, 0.15) is 0 Å². The van der Waals surface area contributed by atoms with Crippen molar-refractivity contribution >= 4 is 21.7 Å². The quantitative estimate of drug-likeness (QED) is 0.340. The molecule has 0 aliphatic heterocycles. The van der Waals surface area contributed by atoms with Crippen molar-refractivity contribution < 1.29 is 31.0 Å². The largest absolute Gasteiger partial charge is 1.00 e. The van der Waals surface area contributed by atoms with Gasteiger partial charge in [-0.05, 0) is 16.7 Å². The molecule has 0 aliphatic rings. The molecule has 0 radical (unpaired) electrons. The summed E-state index contributed by atoms with van der Waals surface area (Å²) in [6.07, 6.45) is 0. The zero-order chi connectivity index (χ0) is 17.5. The van der Waals surface area contributed by atoms with Gasteiger partial charge in [-0.2, -0.15) is 10.2 Å². The predicted octanol–water partition coefficient (Wildman–Crippen LogP) is 0.0399. The van der Waals surface area contributed by atoms with Crippen LogP contribution in [0.4, 0.5) is 0 Å². The second-order valence-electron chi connectivity index (χ2n) is 5.92. The number of tetrazole rings is 1. The molecule has 3 aromatic carbocycles. The van der Waals surface area contributed by atoms with Gasteiger partial charge in [-0.15, -0.1) is 10.2 Å². The molecule has 0 spiro atoms. The maximum atomic E-state index is 12.2. The number of benzene rings is 3. The van der Waals surface area contributed by atoms with Crippen molar-refractivity contribution in [2.24, 2.45) is 0 Å². The number of nitrogens with one attached hydrogen (secondary N) is 2. The molecule has 5 rings (SSSR count). The molecule has 2 aromatic heterocycles. The number of rotatable bonds is 2. The summed E-state index contributed by atoms with van der Waals surface area (Å²) in [7, 11) is 0. The van der Waals surface area contributed by atoms with Crippen molar-refractivity contribution in [3.63, 3.8) is 0 Å². The molecule has 5 aromatic rings. The Kier molecular flexibility index (Phi) is 4.57. The van der Waals surface area contributed by atoms with Gasteiger partial charge in [-0.1, -0.05) is 54.6 Å². The summed E-state index contributed by atoms with van der Waals surface area (Å²) in [6.45, 7) is 0. The van der Waals surface area contributed by atoms with Gasteiger partial charge in [0.2, 0.25) is 5.82 Å². The van der Waals surface area contributed by atoms with Gasteiger partial charge in [0.05, 0.1) is 11.2 Å². The predicted molar refractivity (Wildman–Crippen MR) is 99.6 cm³/mol. The minimum Gasteiger partial charge on any atom is -1.00 e. The zero-order valence-corrected chi connectivity index (χ0v) is 16.5. The van der Waals surface area contributed by atoms with Crippen molar-refractivity contribution in [2.75, 3.05) is 0 Å². The van der Waals surface area contributed by atoms with Crippen molar-refractivity contribution in [3.8, 4) is 22.6 Å². The third-order valence-corrected chi connectivity index (χ3v) is 4.37. The number of aromatic amines is 2. The molecule has 0 saturated heterocycles. The first kappa shape index (κ1) is 17.5. The van der Waals surface area contributed by atoms with Gasteiger partial charge in [0.25, 0.3) is 0 Å². The molecule has 0 bridgehead atoms. The Labute approximate surface area is 176 Å². The molecule has 126 valence electrons. The van der Waals surface area contributed by atoms with Crippen LogP contribution >= 0.6 is 0 Å². The number of fused-ring (bicyclic) bond motifs is 3. The summed E-state index contributed by atoms with van der Waals surface area (Å²) in [5.41, 5.74) is 2.64. The number of hydrogen-bond donors (Lipinski definition) is 2. The summed E-state index contributed by atoms with van der Waals surface area (Å²) in [5.74, 6) is 0.492. The van der Waals surface area contributed by atoms with Crippen LogP contribution < -0.4 is 35.2 Å². The Hall–Kier alpha value is -2.87. The fourth-order valence-corrected chi connectivity index (χ4v) is 3.21. The Balaban J connectivity index is 0.00000112. The van der Waals surface area contributed by atoms with Crippen LogP contribution in [-0.4, -0.2) is 30.6 Å². The van der Waals surface area contributed by atoms with Crippen molar-refractivity contribution in [1.82, 2.24) is 30.6 Å². The van der Waals surface area contributed by atoms with E-state index in [4.69, 9.17) is 0 Å². The third kappa shape index (κ3) is 3.06. The maximum absolute atomic E-state index is 12.2. The van der Waals surface area contributed by atoms with E-state index in [1.165, 1.54) is 0 Å². The van der Waals surface area contributed by atoms with Gasteiger partial charge < -0.3 is 6.41 Å². The van der Waals surface area contributed by atoms with Crippen LogP contribution in [0.3, 0.4) is 0 Å². The van der Waals surface area contributed by atoms with Crippen molar-refractivity contribution in [2.45, 2.75) is 0 Å². The molecular weight excluding hydrogens is 351 g/mol. The second kappa shape index (κ2) is 7.03. The summed E-state index contributed by atoms with van der Waals surface area (Å²) in [5, 5.41) is 17.0. The number of nitrogens with zero attached hydrogens (tertiary/aromatic N) is 4. The second-order valence-corrected chi connectivity index (χ2v) is 5.92. The van der Waals surface area contributed by atoms with E-state index in [0.717, 1.165) is 32.8 Å². The van der Waals surface area contributed by atoms with Gasteiger partial charge in [0, 0.05) is 21.9 Å². The molecule has 0 atom stereocenters. The van der Waals surface area contributed by atoms with Crippen LogP contribution in [0.15, 0.2) is 65.5 Å². The average Bonchev–Trinajstić information content (AvgIpc) is 3.22. The minimum absolute atomic E-state index is 0. The van der Waals surface area contributed by atoms with E-state index in [2.05, 4.69) is 30.6 Å². The number of H-pyrrole nitrogens is 2. The van der Waals surface area contributed by atoms with E-state index in [-0.39, 0.29) is 36.7 Å². The van der Waals surface area contributed by atoms with Crippen LogP contribution in [-0.2, 0) is 0 Å². The maximum Gasteiger partial charge on any atom is 1.00 e. The van der Waals surface area contributed by atoms with Gasteiger partial charge in [-0.3, -0.25) is 0 Å². The summed E-state index contributed by atoms with van der Waals surface area (Å²) < 4.78 is 0. The van der Waals surface area contributed by atoms with Crippen LogP contribution in [0, 0.1) is 0 Å². The standard InChI is InChI=1S/C19H12N6O.Na.H/c26-19-20-16(12-5-3-6-13(10-12)18-22-24-25-23-18)15-9-8-11-4-1-2-7-14(11)17(15)21-19;;/h1-10H,(H,20,21,26)(H,22,23,24,25);;/q;+1;-1. The number of aromatic nitrogens is 6. The smallest absolute Gasteiger partial charge is 1.00 e. The average molecular weight is 364 g/mol. The molecule has 7 nitrogen and oxygen atoms in total. The van der Waals surface area contributed by atoms with Gasteiger partial charge in [-0.25, -0.2) is 4.79 Å². The van der Waals surface area contributed by atoms with Gasteiger partial charge in [0.15, 0.2) is 0 Å². The van der Waals surface area contributed by atoms with E-state index < -0.39 is 0 Å². The first-order valence-electron chi connectivity index (χ1n) is 8.06. The van der Waals surface area contributed by atoms with E-state index in [1.54, 1.807) is 0 Å². The summed E-state index contributed by atoms with van der Waals surface area (Å²) in [6, 6.07) is 19.6. The molecule has 0 amide bonds. The zero-order valence-electron chi connectivity index (χ0n) is 15.5. The summed E-state index contributed by atoms with van der Waals surface area (Å²) >= 11 is 0. The van der Waals surface area contributed by atoms with Crippen LogP contribution in [0.1, 0.15) is 1.43 Å². The Morgan fingerprint density at radius 3 is 2.59 bits per heavy atom. The van der Waals surface area contributed by atoms with E-state index in [0.29, 0.717) is 11.5 Å². The first-order valence-corrected chi connectivity index (χ1v) is 8.06. The molecule has 27 heavy (non-hydrogen) atoms. The fourth-order valence-electron chi connectivity index (χ4n) is 3.21. The fraction of sp³-hybridized carbons (Fsp3) is 0. The van der Waals surface area contributed by atoms with Gasteiger partial charge >= 0.3 is 35.2 Å². The van der Waals surface area contributed by atoms with Crippen molar-refractivity contribution in [3.05, 3.63) is 71.1 Å². The van der Waals surface area contributed by atoms with Crippen molar-refractivity contribution in [1.29, 1.82) is 0 Å². The third-order valence-electron chi connectivity index (χ3n) is 4.37. The number of hydrogen-bond acceptors (Lipinski definition) is 5. The van der Waals surface area contributed by atoms with E-state index in [1.807, 2.05) is 60.7 Å². The molecular formula is C19H13N6NaO. The van der Waals surface area contributed by atoms with Crippen LogP contribution in [0.2, 0.25) is 0 Å². The van der Waals surface area contributed by atoms with E-state index in [9.17, 15) is 4.79 Å². The molecule has 0 unspecified atom stereocenters. The monoisotopic (exact) mass is 364 g/mol. The molecule has 8 heteroatoms. The molecule has 0 fully saturated rings.